The van der Waals surface area contributed by atoms with E-state index in [4.69, 9.17) is 16.3 Å². The lowest BCUT2D eigenvalue weighted by Crippen LogP contribution is -2.17. The van der Waals surface area contributed by atoms with Crippen molar-refractivity contribution in [1.29, 1.82) is 0 Å². The van der Waals surface area contributed by atoms with Crippen LogP contribution in [0, 0.1) is 0 Å². The summed E-state index contributed by atoms with van der Waals surface area (Å²) in [6, 6.07) is 7.17. The Morgan fingerprint density at radius 1 is 1.26 bits per heavy atom. The number of allylic oxidation sites excluding steroid dienone is 1. The van der Waals surface area contributed by atoms with Crippen molar-refractivity contribution in [3.63, 3.8) is 0 Å². The molecule has 1 aliphatic carbocycles. The predicted molar refractivity (Wildman–Crippen MR) is 142 cm³/mol. The molecule has 1 aliphatic rings. The number of amides is 1. The molecule has 35 heavy (non-hydrogen) atoms. The first-order chi connectivity index (χ1) is 17.0. The molecule has 0 saturated heterocycles. The minimum absolute atomic E-state index is 0.134. The summed E-state index contributed by atoms with van der Waals surface area (Å²) in [7, 11) is 1.32. The van der Waals surface area contributed by atoms with Crippen molar-refractivity contribution in [2.75, 3.05) is 18.2 Å². The van der Waals surface area contributed by atoms with Gasteiger partial charge >= 0.3 is 5.97 Å². The molecule has 184 valence electrons. The van der Waals surface area contributed by atoms with Gasteiger partial charge in [-0.3, -0.25) is 4.79 Å². The lowest BCUT2D eigenvalue weighted by Gasteiger charge is -2.21. The molecule has 7 nitrogen and oxygen atoms in total. The average molecular weight is 531 g/mol. The smallest absolute Gasteiger partial charge is 0.341 e. The number of nitrogens with one attached hydrogen (secondary N) is 1. The van der Waals surface area contributed by atoms with Gasteiger partial charge in [-0.1, -0.05) is 60.8 Å². The number of thioether (sulfide) groups is 1. The average Bonchev–Trinajstić information content (AvgIpc) is 3.47. The summed E-state index contributed by atoms with van der Waals surface area (Å²) in [4.78, 5) is 25.4. The molecule has 0 bridgehead atoms. The molecule has 2 heterocycles. The normalized spacial score (nSPS) is 14.0. The third-order valence-corrected chi connectivity index (χ3v) is 8.06. The Hall–Kier alpha value is -2.62. The zero-order valence-corrected chi connectivity index (χ0v) is 21.8. The molecule has 1 saturated carbocycles. The maximum atomic E-state index is 12.8. The first-order valence-electron chi connectivity index (χ1n) is 11.4. The van der Waals surface area contributed by atoms with Crippen molar-refractivity contribution < 1.29 is 14.3 Å². The summed E-state index contributed by atoms with van der Waals surface area (Å²) in [5, 5.41) is 15.3. The molecule has 1 amide bonds. The Balaban J connectivity index is 1.48. The van der Waals surface area contributed by atoms with Crippen molar-refractivity contribution in [3.8, 4) is 11.1 Å². The number of ether oxygens (including phenoxy) is 1. The predicted octanol–water partition coefficient (Wildman–Crippen LogP) is 6.41. The molecule has 2 aromatic heterocycles. The van der Waals surface area contributed by atoms with Crippen LogP contribution in [-0.2, 0) is 16.1 Å². The van der Waals surface area contributed by atoms with Crippen LogP contribution in [-0.4, -0.2) is 39.5 Å². The van der Waals surface area contributed by atoms with Crippen molar-refractivity contribution >= 4 is 51.6 Å². The van der Waals surface area contributed by atoms with Gasteiger partial charge in [-0.25, -0.2) is 4.79 Å². The van der Waals surface area contributed by atoms with Crippen LogP contribution in [0.5, 0.6) is 0 Å². The number of hydrogen-bond donors (Lipinski definition) is 1. The molecule has 0 atom stereocenters. The van der Waals surface area contributed by atoms with Crippen molar-refractivity contribution in [2.45, 2.75) is 49.7 Å². The van der Waals surface area contributed by atoms with E-state index in [1.807, 2.05) is 23.6 Å². The van der Waals surface area contributed by atoms with Gasteiger partial charge in [-0.05, 0) is 30.5 Å². The Morgan fingerprint density at radius 2 is 2.00 bits per heavy atom. The van der Waals surface area contributed by atoms with Gasteiger partial charge in [0.15, 0.2) is 5.16 Å². The molecule has 0 aliphatic heterocycles. The summed E-state index contributed by atoms with van der Waals surface area (Å²) >= 11 is 8.61. The lowest BCUT2D eigenvalue weighted by atomic mass is 9.89. The fraction of sp³-hybridized carbons (Fsp3) is 0.360. The molecule has 4 rings (SSSR count). The molecule has 1 fully saturated rings. The fourth-order valence-electron chi connectivity index (χ4n) is 4.26. The first-order valence-corrected chi connectivity index (χ1v) is 13.7. The molecule has 3 aromatic rings. The van der Waals surface area contributed by atoms with E-state index in [1.54, 1.807) is 12.1 Å². The van der Waals surface area contributed by atoms with Gasteiger partial charge in [-0.15, -0.1) is 28.1 Å². The minimum Gasteiger partial charge on any atom is -0.465 e. The molecule has 0 spiro atoms. The number of rotatable bonds is 9. The number of esters is 1. The van der Waals surface area contributed by atoms with Gasteiger partial charge in [0.25, 0.3) is 0 Å². The number of thiophene rings is 1. The second-order valence-corrected chi connectivity index (χ2v) is 10.5. The molecule has 1 N–H and O–H groups in total. The second-order valence-electron chi connectivity index (χ2n) is 8.26. The maximum absolute atomic E-state index is 12.8. The third kappa shape index (κ3) is 5.97. The molecule has 0 radical (unpaired) electrons. The summed E-state index contributed by atoms with van der Waals surface area (Å²) in [5.74, 6) is 0.763. The largest absolute Gasteiger partial charge is 0.465 e. The molecular weight excluding hydrogens is 504 g/mol. The fourth-order valence-corrected chi connectivity index (χ4v) is 6.11. The minimum atomic E-state index is -0.512. The van der Waals surface area contributed by atoms with Crippen LogP contribution in [0.15, 0.2) is 47.5 Å². The van der Waals surface area contributed by atoms with E-state index in [1.165, 1.54) is 49.5 Å². The van der Waals surface area contributed by atoms with Crippen LogP contribution in [0.25, 0.3) is 11.1 Å². The quantitative estimate of drug-likeness (QED) is 0.195. The number of methoxy groups -OCH3 is 1. The number of carbonyl (C=O) groups is 2. The van der Waals surface area contributed by atoms with Gasteiger partial charge in [0.05, 0.1) is 12.9 Å². The molecule has 10 heteroatoms. The van der Waals surface area contributed by atoms with Gasteiger partial charge in [0.2, 0.25) is 5.91 Å². The van der Waals surface area contributed by atoms with Gasteiger partial charge in [-0.2, -0.15) is 0 Å². The lowest BCUT2D eigenvalue weighted by molar-refractivity contribution is -0.113. The number of hydrogen-bond acceptors (Lipinski definition) is 7. The van der Waals surface area contributed by atoms with Gasteiger partial charge in [0, 0.05) is 28.4 Å². The second kappa shape index (κ2) is 11.9. The first kappa shape index (κ1) is 25.5. The number of nitrogens with zero attached hydrogens (tertiary/aromatic N) is 3. The monoisotopic (exact) mass is 530 g/mol. The highest BCUT2D eigenvalue weighted by Gasteiger charge is 2.25. The Morgan fingerprint density at radius 3 is 2.69 bits per heavy atom. The van der Waals surface area contributed by atoms with E-state index in [9.17, 15) is 9.59 Å². The van der Waals surface area contributed by atoms with E-state index in [0.717, 1.165) is 24.2 Å². The standard InChI is InChI=1S/C25H27ClN4O3S2/c1-3-13-30-22(17-7-5-4-6-8-17)28-29-25(30)35-15-20(31)27-23-21(24(32)33-2)19(14-34-23)16-9-11-18(26)12-10-16/h3,9-12,14,17H,1,4-8,13,15H2,2H3,(H,27,31). The molecule has 0 unspecified atom stereocenters. The Bertz CT molecular complexity index is 1200. The van der Waals surface area contributed by atoms with Crippen LogP contribution in [0.1, 0.15) is 54.2 Å². The van der Waals surface area contributed by atoms with Crippen molar-refractivity contribution in [2.24, 2.45) is 0 Å². The van der Waals surface area contributed by atoms with E-state index in [0.29, 0.717) is 38.8 Å². The highest BCUT2D eigenvalue weighted by atomic mass is 35.5. The molecular formula is C25H27ClN4O3S2. The van der Waals surface area contributed by atoms with E-state index >= 15 is 0 Å². The highest BCUT2D eigenvalue weighted by molar-refractivity contribution is 7.99. The maximum Gasteiger partial charge on any atom is 0.341 e. The number of halogens is 1. The van der Waals surface area contributed by atoms with Crippen LogP contribution in [0.4, 0.5) is 5.00 Å². The van der Waals surface area contributed by atoms with Crippen LogP contribution in [0.2, 0.25) is 5.02 Å². The van der Waals surface area contributed by atoms with Crippen LogP contribution < -0.4 is 5.32 Å². The number of aromatic nitrogens is 3. The highest BCUT2D eigenvalue weighted by Crippen LogP contribution is 2.37. The molecule has 1 aromatic carbocycles. The SMILES string of the molecule is C=CCn1c(SCC(=O)Nc2scc(-c3ccc(Cl)cc3)c2C(=O)OC)nnc1C1CCCCC1. The van der Waals surface area contributed by atoms with Crippen molar-refractivity contribution in [1.82, 2.24) is 14.8 Å². The van der Waals surface area contributed by atoms with E-state index in [-0.39, 0.29) is 11.7 Å². The summed E-state index contributed by atoms with van der Waals surface area (Å²) in [6.07, 6.45) is 7.74. The van der Waals surface area contributed by atoms with Gasteiger partial charge < -0.3 is 14.6 Å². The van der Waals surface area contributed by atoms with Crippen LogP contribution in [0.3, 0.4) is 0 Å². The summed E-state index contributed by atoms with van der Waals surface area (Å²) in [6.45, 7) is 4.47. The van der Waals surface area contributed by atoms with E-state index in [2.05, 4.69) is 26.7 Å². The van der Waals surface area contributed by atoms with Gasteiger partial charge in [0.1, 0.15) is 16.4 Å². The number of carbonyl (C=O) groups excluding carboxylic acids is 2. The topological polar surface area (TPSA) is 86.1 Å². The number of anilines is 1. The van der Waals surface area contributed by atoms with E-state index < -0.39 is 5.97 Å². The Labute approximate surface area is 217 Å². The van der Waals surface area contributed by atoms with Crippen LogP contribution >= 0.6 is 34.7 Å². The van der Waals surface area contributed by atoms with Crippen molar-refractivity contribution in [3.05, 3.63) is 58.7 Å². The zero-order valence-electron chi connectivity index (χ0n) is 19.5. The number of benzene rings is 1. The third-order valence-electron chi connectivity index (χ3n) is 5.95. The summed E-state index contributed by atoms with van der Waals surface area (Å²) in [5.41, 5.74) is 1.82. The Kier molecular flexibility index (Phi) is 8.64. The summed E-state index contributed by atoms with van der Waals surface area (Å²) < 4.78 is 7.05. The zero-order chi connectivity index (χ0) is 24.8.